The summed E-state index contributed by atoms with van der Waals surface area (Å²) in [6.45, 7) is 11.9. The molecule has 0 fully saturated rings. The van der Waals surface area contributed by atoms with Gasteiger partial charge in [-0.2, -0.15) is 0 Å². The predicted molar refractivity (Wildman–Crippen MR) is 195 cm³/mol. The van der Waals surface area contributed by atoms with Crippen LogP contribution >= 0.6 is 0 Å². The average Bonchev–Trinajstić information content (AvgIpc) is 3.61. The van der Waals surface area contributed by atoms with Crippen LogP contribution in [0.3, 0.4) is 0 Å². The molecule has 47 heavy (non-hydrogen) atoms. The van der Waals surface area contributed by atoms with E-state index in [9.17, 15) is 0 Å². The first-order valence-corrected chi connectivity index (χ1v) is 16.2. The second kappa shape index (κ2) is 11.1. The highest BCUT2D eigenvalue weighted by molar-refractivity contribution is 6.07. The van der Waals surface area contributed by atoms with E-state index in [1.54, 1.807) is 0 Å². The second-order valence-electron chi connectivity index (χ2n) is 13.6. The van der Waals surface area contributed by atoms with Gasteiger partial charge in [0.1, 0.15) is 23.8 Å². The summed E-state index contributed by atoms with van der Waals surface area (Å²) >= 11 is 0. The van der Waals surface area contributed by atoms with Crippen LogP contribution in [-0.4, -0.2) is 16.2 Å². The molecular weight excluding hydrogens is 576 g/mol. The Bertz CT molecular complexity index is 2230. The Morgan fingerprint density at radius 1 is 0.596 bits per heavy atom. The molecule has 0 atom stereocenters. The summed E-state index contributed by atoms with van der Waals surface area (Å²) in [4.78, 5) is 9.59. The van der Waals surface area contributed by atoms with E-state index in [-0.39, 0.29) is 5.41 Å². The van der Waals surface area contributed by atoms with Crippen LogP contribution < -0.4 is 14.5 Å². The fourth-order valence-corrected chi connectivity index (χ4v) is 6.67. The van der Waals surface area contributed by atoms with Gasteiger partial charge in [0.2, 0.25) is 0 Å². The Kier molecular flexibility index (Phi) is 6.80. The van der Waals surface area contributed by atoms with Crippen LogP contribution in [0.15, 0.2) is 128 Å². The molecule has 1 aliphatic heterocycles. The number of pyridine rings is 1. The van der Waals surface area contributed by atoms with Crippen molar-refractivity contribution in [2.45, 2.75) is 40.0 Å². The molecule has 0 radical (unpaired) electrons. The van der Waals surface area contributed by atoms with Crippen molar-refractivity contribution in [3.8, 4) is 17.2 Å². The average molecular weight is 615 g/mol. The molecule has 8 rings (SSSR count). The molecule has 0 N–H and O–H groups in total. The lowest BCUT2D eigenvalue weighted by Gasteiger charge is -2.26. The number of fused-ring (bicyclic) bond motifs is 4. The summed E-state index contributed by atoms with van der Waals surface area (Å²) in [5, 5.41) is 2.32. The van der Waals surface area contributed by atoms with Gasteiger partial charge in [0.15, 0.2) is 0 Å². The normalized spacial score (nSPS) is 13.0. The van der Waals surface area contributed by atoms with Gasteiger partial charge in [-0.3, -0.25) is 4.57 Å². The summed E-state index contributed by atoms with van der Waals surface area (Å²) in [5.41, 5.74) is 11.5. The molecule has 3 heterocycles. The lowest BCUT2D eigenvalue weighted by Crippen LogP contribution is -2.24. The Morgan fingerprint density at radius 3 is 2.02 bits per heavy atom. The van der Waals surface area contributed by atoms with Crippen molar-refractivity contribution >= 4 is 44.7 Å². The van der Waals surface area contributed by atoms with Crippen LogP contribution in [0.4, 0.5) is 22.7 Å². The highest BCUT2D eigenvalue weighted by Gasteiger charge is 2.30. The molecule has 5 heteroatoms. The summed E-state index contributed by atoms with van der Waals surface area (Å²) in [6.07, 6.45) is 1.86. The molecule has 5 nitrogen and oxygen atoms in total. The molecule has 2 aromatic heterocycles. The Balaban J connectivity index is 1.21. The number of rotatable bonds is 5. The molecule has 0 spiro atoms. The summed E-state index contributed by atoms with van der Waals surface area (Å²) in [6, 6.07) is 42.9. The first-order valence-electron chi connectivity index (χ1n) is 16.2. The van der Waals surface area contributed by atoms with Crippen LogP contribution in [0.1, 0.15) is 37.5 Å². The summed E-state index contributed by atoms with van der Waals surface area (Å²) in [7, 11) is 0. The highest BCUT2D eigenvalue weighted by atomic mass is 16.5. The molecular formula is C42H38N4O. The topological polar surface area (TPSA) is 33.5 Å². The molecule has 7 aromatic rings. The minimum Gasteiger partial charge on any atom is -0.457 e. The number of aromatic nitrogens is 2. The van der Waals surface area contributed by atoms with Gasteiger partial charge in [-0.25, -0.2) is 4.98 Å². The summed E-state index contributed by atoms with van der Waals surface area (Å²) in [5.74, 6) is 1.59. The van der Waals surface area contributed by atoms with Gasteiger partial charge < -0.3 is 14.5 Å². The number of para-hydroxylation sites is 2. The third-order valence-corrected chi connectivity index (χ3v) is 9.34. The minimum atomic E-state index is -0.0739. The quantitative estimate of drug-likeness (QED) is 0.193. The van der Waals surface area contributed by atoms with Gasteiger partial charge in [0, 0.05) is 40.5 Å². The number of nitrogens with zero attached hydrogens (tertiary/aromatic N) is 4. The zero-order valence-electron chi connectivity index (χ0n) is 27.5. The van der Waals surface area contributed by atoms with Crippen LogP contribution in [0.2, 0.25) is 0 Å². The molecule has 5 aromatic carbocycles. The number of hydrogen-bond donors (Lipinski definition) is 0. The minimum absolute atomic E-state index is 0.0739. The monoisotopic (exact) mass is 614 g/mol. The first kappa shape index (κ1) is 28.9. The predicted octanol–water partition coefficient (Wildman–Crippen LogP) is 11.1. The van der Waals surface area contributed by atoms with Gasteiger partial charge in [0.05, 0.1) is 22.6 Å². The van der Waals surface area contributed by atoms with E-state index in [1.165, 1.54) is 39.1 Å². The first-order chi connectivity index (χ1) is 22.7. The maximum atomic E-state index is 6.75. The second-order valence-corrected chi connectivity index (χ2v) is 13.6. The molecule has 232 valence electrons. The maximum absolute atomic E-state index is 6.75. The van der Waals surface area contributed by atoms with E-state index in [1.807, 2.05) is 18.3 Å². The number of hydrogen-bond acceptors (Lipinski definition) is 4. The van der Waals surface area contributed by atoms with E-state index >= 15 is 0 Å². The Morgan fingerprint density at radius 2 is 1.26 bits per heavy atom. The number of anilines is 4. The molecule has 0 bridgehead atoms. The van der Waals surface area contributed by atoms with Crippen LogP contribution in [0.25, 0.3) is 27.6 Å². The van der Waals surface area contributed by atoms with Gasteiger partial charge >= 0.3 is 0 Å². The van der Waals surface area contributed by atoms with Crippen molar-refractivity contribution in [1.29, 1.82) is 0 Å². The third kappa shape index (κ3) is 5.08. The molecule has 0 amide bonds. The van der Waals surface area contributed by atoms with Crippen molar-refractivity contribution in [3.63, 3.8) is 0 Å². The third-order valence-electron chi connectivity index (χ3n) is 9.34. The van der Waals surface area contributed by atoms with Crippen molar-refractivity contribution in [2.75, 3.05) is 16.5 Å². The van der Waals surface area contributed by atoms with Crippen molar-refractivity contribution in [1.82, 2.24) is 9.55 Å². The largest absolute Gasteiger partial charge is 0.457 e. The Hall–Kier alpha value is -5.55. The fourth-order valence-electron chi connectivity index (χ4n) is 6.67. The molecule has 0 saturated heterocycles. The number of benzene rings is 5. The molecule has 1 aliphatic rings. The van der Waals surface area contributed by atoms with Gasteiger partial charge in [-0.05, 0) is 103 Å². The highest BCUT2D eigenvalue weighted by Crippen LogP contribution is 2.47. The molecule has 0 aliphatic carbocycles. The van der Waals surface area contributed by atoms with Crippen LogP contribution in [0, 0.1) is 13.8 Å². The van der Waals surface area contributed by atoms with E-state index in [0.717, 1.165) is 39.4 Å². The van der Waals surface area contributed by atoms with E-state index in [4.69, 9.17) is 9.72 Å². The lowest BCUT2D eigenvalue weighted by molar-refractivity contribution is 0.478. The standard InChI is InChI=1S/C42H38N4O/c1-28-21-39-40(22-29(28)2)45(27-44(39)31-13-7-6-8-14-31)33-23-30(42(3,4)5)24-35(26-33)47-34-16-11-15-32(25-34)46-38-19-10-9-17-36(38)37-18-12-20-43-41(37)46/h6-26H,27H2,1-5H3. The van der Waals surface area contributed by atoms with E-state index in [0.29, 0.717) is 6.67 Å². The van der Waals surface area contributed by atoms with Gasteiger partial charge in [0.25, 0.3) is 0 Å². The summed E-state index contributed by atoms with van der Waals surface area (Å²) < 4.78 is 8.97. The zero-order chi connectivity index (χ0) is 32.3. The maximum Gasteiger partial charge on any atom is 0.145 e. The lowest BCUT2D eigenvalue weighted by atomic mass is 9.86. The van der Waals surface area contributed by atoms with Crippen molar-refractivity contribution < 1.29 is 4.74 Å². The SMILES string of the molecule is Cc1cc2c(cc1C)N(c1cc(Oc3cccc(-n4c5ccccc5c5cccnc54)c3)cc(C(C)(C)C)c1)CN2c1ccccc1. The fraction of sp³-hybridized carbons (Fsp3) is 0.167. The van der Waals surface area contributed by atoms with Crippen LogP contribution in [-0.2, 0) is 5.41 Å². The van der Waals surface area contributed by atoms with Crippen molar-refractivity contribution in [2.24, 2.45) is 0 Å². The molecule has 0 unspecified atom stereocenters. The van der Waals surface area contributed by atoms with E-state index in [2.05, 4.69) is 158 Å². The van der Waals surface area contributed by atoms with E-state index < -0.39 is 0 Å². The number of ether oxygens (including phenoxy) is 1. The van der Waals surface area contributed by atoms with Gasteiger partial charge in [-0.1, -0.05) is 63.2 Å². The Labute approximate surface area is 276 Å². The molecule has 0 saturated carbocycles. The van der Waals surface area contributed by atoms with Crippen LogP contribution in [0.5, 0.6) is 11.5 Å². The zero-order valence-corrected chi connectivity index (χ0v) is 27.5. The van der Waals surface area contributed by atoms with Gasteiger partial charge in [-0.15, -0.1) is 0 Å². The number of aryl methyl sites for hydroxylation is 2. The smallest absolute Gasteiger partial charge is 0.145 e. The van der Waals surface area contributed by atoms with Crippen molar-refractivity contribution in [3.05, 3.63) is 144 Å².